The summed E-state index contributed by atoms with van der Waals surface area (Å²) >= 11 is 3.43. The third-order valence-corrected chi connectivity index (χ3v) is 3.30. The molecule has 1 aromatic rings. The van der Waals surface area contributed by atoms with Gasteiger partial charge < -0.3 is 15.4 Å². The van der Waals surface area contributed by atoms with Gasteiger partial charge in [0.2, 0.25) is 0 Å². The van der Waals surface area contributed by atoms with E-state index in [4.69, 9.17) is 4.74 Å². The lowest BCUT2D eigenvalue weighted by Crippen LogP contribution is -2.36. The number of halogens is 1. The smallest absolute Gasteiger partial charge is 0.328 e. The first-order chi connectivity index (χ1) is 9.01. The molecule has 1 aromatic heterocycles. The van der Waals surface area contributed by atoms with Crippen LogP contribution in [0, 0.1) is 5.92 Å². The number of carbonyl (C=O) groups is 1. The van der Waals surface area contributed by atoms with Gasteiger partial charge in [0.15, 0.2) is 0 Å². The molecule has 0 aliphatic heterocycles. The van der Waals surface area contributed by atoms with Crippen molar-refractivity contribution in [3.8, 4) is 0 Å². The van der Waals surface area contributed by atoms with Crippen molar-refractivity contribution in [3.63, 3.8) is 0 Å². The average molecular weight is 331 g/mol. The van der Waals surface area contributed by atoms with Crippen LogP contribution in [0.3, 0.4) is 0 Å². The maximum atomic E-state index is 11.7. The van der Waals surface area contributed by atoms with Crippen molar-refractivity contribution in [3.05, 3.63) is 10.8 Å². The number of methoxy groups -OCH3 is 1. The van der Waals surface area contributed by atoms with Crippen LogP contribution in [0.15, 0.2) is 10.8 Å². The molecule has 0 fully saturated rings. The molecule has 106 valence electrons. The monoisotopic (exact) mass is 330 g/mol. The molecule has 0 aliphatic carbocycles. The summed E-state index contributed by atoms with van der Waals surface area (Å²) in [5, 5.41) is 6.19. The van der Waals surface area contributed by atoms with Crippen molar-refractivity contribution in [2.24, 2.45) is 5.92 Å². The average Bonchev–Trinajstić information content (AvgIpc) is 2.38. The highest BCUT2D eigenvalue weighted by Gasteiger charge is 2.24. The Labute approximate surface area is 121 Å². The van der Waals surface area contributed by atoms with Gasteiger partial charge in [0.25, 0.3) is 0 Å². The van der Waals surface area contributed by atoms with E-state index < -0.39 is 6.04 Å². The minimum atomic E-state index is -0.453. The van der Waals surface area contributed by atoms with Crippen LogP contribution >= 0.6 is 15.9 Å². The number of ether oxygens (including phenoxy) is 1. The molecule has 19 heavy (non-hydrogen) atoms. The van der Waals surface area contributed by atoms with E-state index in [-0.39, 0.29) is 11.9 Å². The Kier molecular flexibility index (Phi) is 6.01. The molecular formula is C12H19BrN4O2. The molecule has 1 heterocycles. The summed E-state index contributed by atoms with van der Waals surface area (Å²) in [6.45, 7) is 6.61. The molecule has 6 nitrogen and oxygen atoms in total. The van der Waals surface area contributed by atoms with E-state index in [0.29, 0.717) is 16.1 Å². The number of hydrogen-bond acceptors (Lipinski definition) is 6. The van der Waals surface area contributed by atoms with Gasteiger partial charge in [-0.3, -0.25) is 0 Å². The highest BCUT2D eigenvalue weighted by atomic mass is 79.9. The summed E-state index contributed by atoms with van der Waals surface area (Å²) in [7, 11) is 1.37. The van der Waals surface area contributed by atoms with E-state index in [2.05, 4.69) is 36.5 Å². The summed E-state index contributed by atoms with van der Waals surface area (Å²) in [6.07, 6.45) is 1.44. The largest absolute Gasteiger partial charge is 0.467 e. The van der Waals surface area contributed by atoms with Crippen molar-refractivity contribution in [2.45, 2.75) is 26.8 Å². The molecule has 0 amide bonds. The van der Waals surface area contributed by atoms with Gasteiger partial charge in [-0.05, 0) is 28.8 Å². The number of nitrogens with one attached hydrogen (secondary N) is 2. The first kappa shape index (κ1) is 15.7. The Hall–Kier alpha value is -1.37. The van der Waals surface area contributed by atoms with E-state index in [0.717, 1.165) is 6.54 Å². The van der Waals surface area contributed by atoms with Crippen LogP contribution in [0.2, 0.25) is 0 Å². The molecule has 0 aliphatic rings. The second kappa shape index (κ2) is 7.28. The summed E-state index contributed by atoms with van der Waals surface area (Å²) in [5.41, 5.74) is 0. The minimum Gasteiger partial charge on any atom is -0.467 e. The molecule has 2 N–H and O–H groups in total. The number of esters is 1. The Morgan fingerprint density at radius 1 is 1.42 bits per heavy atom. The first-order valence-corrected chi connectivity index (χ1v) is 6.89. The van der Waals surface area contributed by atoms with Crippen LogP contribution < -0.4 is 10.6 Å². The Morgan fingerprint density at radius 2 is 2.05 bits per heavy atom. The van der Waals surface area contributed by atoms with Gasteiger partial charge in [-0.1, -0.05) is 13.8 Å². The lowest BCUT2D eigenvalue weighted by molar-refractivity contribution is -0.142. The zero-order valence-electron chi connectivity index (χ0n) is 11.5. The van der Waals surface area contributed by atoms with Crippen LogP contribution in [-0.4, -0.2) is 35.6 Å². The second-order valence-electron chi connectivity index (χ2n) is 4.30. The molecule has 0 spiro atoms. The van der Waals surface area contributed by atoms with Gasteiger partial charge in [-0.2, -0.15) is 0 Å². The van der Waals surface area contributed by atoms with Crippen molar-refractivity contribution in [1.29, 1.82) is 0 Å². The normalized spacial score (nSPS) is 12.1. The van der Waals surface area contributed by atoms with Gasteiger partial charge in [0.05, 0.1) is 7.11 Å². The maximum absolute atomic E-state index is 11.7. The molecule has 0 aromatic carbocycles. The quantitative estimate of drug-likeness (QED) is 0.779. The third kappa shape index (κ3) is 4.05. The molecule has 0 bridgehead atoms. The summed E-state index contributed by atoms with van der Waals surface area (Å²) < 4.78 is 5.49. The van der Waals surface area contributed by atoms with Crippen LogP contribution in [0.1, 0.15) is 20.8 Å². The van der Waals surface area contributed by atoms with Crippen LogP contribution in [0.4, 0.5) is 11.6 Å². The molecule has 0 radical (unpaired) electrons. The van der Waals surface area contributed by atoms with Crippen molar-refractivity contribution < 1.29 is 9.53 Å². The summed E-state index contributed by atoms with van der Waals surface area (Å²) in [5.74, 6) is 1.02. The van der Waals surface area contributed by atoms with Crippen molar-refractivity contribution in [1.82, 2.24) is 9.97 Å². The highest BCUT2D eigenvalue weighted by Crippen LogP contribution is 2.27. The molecule has 0 saturated carbocycles. The predicted octanol–water partition coefficient (Wildman–Crippen LogP) is 2.28. The van der Waals surface area contributed by atoms with Gasteiger partial charge in [-0.25, -0.2) is 14.8 Å². The fourth-order valence-electron chi connectivity index (χ4n) is 1.53. The van der Waals surface area contributed by atoms with Gasteiger partial charge in [0, 0.05) is 6.54 Å². The van der Waals surface area contributed by atoms with E-state index in [1.165, 1.54) is 13.4 Å². The number of anilines is 2. The summed E-state index contributed by atoms with van der Waals surface area (Å²) in [6, 6.07) is -0.453. The number of nitrogens with zero attached hydrogens (tertiary/aromatic N) is 2. The zero-order valence-corrected chi connectivity index (χ0v) is 13.1. The molecule has 1 atom stereocenters. The van der Waals surface area contributed by atoms with Crippen molar-refractivity contribution >= 4 is 33.5 Å². The van der Waals surface area contributed by atoms with E-state index in [1.54, 1.807) is 0 Å². The van der Waals surface area contributed by atoms with Gasteiger partial charge in [-0.15, -0.1) is 0 Å². The zero-order chi connectivity index (χ0) is 14.4. The molecular weight excluding hydrogens is 312 g/mol. The molecule has 1 rings (SSSR count). The van der Waals surface area contributed by atoms with Crippen LogP contribution in [-0.2, 0) is 9.53 Å². The maximum Gasteiger partial charge on any atom is 0.328 e. The van der Waals surface area contributed by atoms with E-state index >= 15 is 0 Å². The topological polar surface area (TPSA) is 76.1 Å². The van der Waals surface area contributed by atoms with Crippen LogP contribution in [0.25, 0.3) is 0 Å². The number of rotatable bonds is 6. The number of carbonyl (C=O) groups excluding carboxylic acids is 1. The Morgan fingerprint density at radius 3 is 2.58 bits per heavy atom. The van der Waals surface area contributed by atoms with Crippen molar-refractivity contribution in [2.75, 3.05) is 24.3 Å². The SMILES string of the molecule is CCNc1ncnc(NC(C(=O)OC)C(C)C)c1Br. The van der Waals surface area contributed by atoms with E-state index in [9.17, 15) is 4.79 Å². The standard InChI is InChI=1S/C12H19BrN4O2/c1-5-14-10-8(13)11(16-6-15-10)17-9(7(2)3)12(18)19-4/h6-7,9H,5H2,1-4H3,(H2,14,15,16,17). The summed E-state index contributed by atoms with van der Waals surface area (Å²) in [4.78, 5) is 20.0. The fourth-order valence-corrected chi connectivity index (χ4v) is 1.99. The Balaban J connectivity index is 2.96. The lowest BCUT2D eigenvalue weighted by atomic mass is 10.0. The first-order valence-electron chi connectivity index (χ1n) is 6.10. The Bertz CT molecular complexity index is 440. The van der Waals surface area contributed by atoms with E-state index in [1.807, 2.05) is 20.8 Å². The molecule has 0 saturated heterocycles. The second-order valence-corrected chi connectivity index (χ2v) is 5.10. The predicted molar refractivity (Wildman–Crippen MR) is 78.2 cm³/mol. The highest BCUT2D eigenvalue weighted by molar-refractivity contribution is 9.10. The molecule has 1 unspecified atom stereocenters. The third-order valence-electron chi connectivity index (χ3n) is 2.55. The minimum absolute atomic E-state index is 0.0805. The molecule has 7 heteroatoms. The fraction of sp³-hybridized carbons (Fsp3) is 0.583. The van der Waals surface area contributed by atoms with Gasteiger partial charge in [0.1, 0.15) is 28.5 Å². The lowest BCUT2D eigenvalue weighted by Gasteiger charge is -2.21. The number of aromatic nitrogens is 2. The number of hydrogen-bond donors (Lipinski definition) is 2. The van der Waals surface area contributed by atoms with Crippen LogP contribution in [0.5, 0.6) is 0 Å². The van der Waals surface area contributed by atoms with Gasteiger partial charge >= 0.3 is 5.97 Å².